The molecule has 2 amide bonds. The van der Waals surface area contributed by atoms with Gasteiger partial charge in [0.15, 0.2) is 0 Å². The van der Waals surface area contributed by atoms with Crippen LogP contribution in [-0.2, 0) is 20.7 Å². The number of aliphatic hydroxyl groups is 1. The maximum atomic E-state index is 12.4. The molecule has 1 aromatic heterocycles. The van der Waals surface area contributed by atoms with Gasteiger partial charge < -0.3 is 24.8 Å². The van der Waals surface area contributed by atoms with Crippen molar-refractivity contribution in [3.8, 4) is 5.75 Å². The molecular weight excluding hydrogens is 398 g/mol. The number of nitrogens with one attached hydrogen (secondary N) is 1. The van der Waals surface area contributed by atoms with Crippen LogP contribution in [0.3, 0.4) is 0 Å². The van der Waals surface area contributed by atoms with Crippen molar-refractivity contribution in [2.45, 2.75) is 43.5 Å². The molecule has 0 aliphatic carbocycles. The van der Waals surface area contributed by atoms with Crippen LogP contribution in [0.1, 0.15) is 29.9 Å². The Bertz CT molecular complexity index is 949. The van der Waals surface area contributed by atoms with E-state index in [0.717, 1.165) is 16.9 Å². The maximum Gasteiger partial charge on any atom is 0.228 e. The van der Waals surface area contributed by atoms with Gasteiger partial charge in [0.05, 0.1) is 25.6 Å². The second kappa shape index (κ2) is 9.03. The molecule has 164 valence electrons. The van der Waals surface area contributed by atoms with Gasteiger partial charge in [0.2, 0.25) is 11.8 Å². The van der Waals surface area contributed by atoms with Crippen LogP contribution in [0.15, 0.2) is 42.7 Å². The van der Waals surface area contributed by atoms with Crippen LogP contribution >= 0.6 is 0 Å². The molecule has 0 spiro atoms. The van der Waals surface area contributed by atoms with E-state index in [0.29, 0.717) is 12.1 Å². The van der Waals surface area contributed by atoms with Crippen molar-refractivity contribution in [3.05, 3.63) is 53.9 Å². The standard InChI is InChI=1S/C23H27N3O5/c1-26(2)22(29)12-16-11-18-17-10-15(25-21(28)9-14-5-7-24-8-6-14)3-4-19(17)31-23(18)20(13-27)30-16/h3-8,10,16,18,20,23,27H,9,11-13H2,1-2H3,(H,25,28)/t16-,18+,20-,23-/m1/s1. The molecule has 2 aliphatic rings. The predicted octanol–water partition coefficient (Wildman–Crippen LogP) is 1.74. The third-order valence-electron chi connectivity index (χ3n) is 5.80. The Kier molecular flexibility index (Phi) is 6.20. The molecular formula is C23H27N3O5. The van der Waals surface area contributed by atoms with Crippen molar-refractivity contribution >= 4 is 17.5 Å². The minimum absolute atomic E-state index is 0.0158. The van der Waals surface area contributed by atoms with Crippen molar-refractivity contribution in [2.75, 3.05) is 26.0 Å². The van der Waals surface area contributed by atoms with Crippen molar-refractivity contribution in [1.82, 2.24) is 9.88 Å². The van der Waals surface area contributed by atoms with E-state index in [9.17, 15) is 14.7 Å². The van der Waals surface area contributed by atoms with Gasteiger partial charge in [-0.15, -0.1) is 0 Å². The Hall–Kier alpha value is -2.97. The van der Waals surface area contributed by atoms with Crippen molar-refractivity contribution in [2.24, 2.45) is 0 Å². The summed E-state index contributed by atoms with van der Waals surface area (Å²) in [6.07, 6.45) is 3.34. The first kappa shape index (κ1) is 21.3. The Morgan fingerprint density at radius 2 is 2.00 bits per heavy atom. The van der Waals surface area contributed by atoms with E-state index in [4.69, 9.17) is 9.47 Å². The number of aliphatic hydroxyl groups excluding tert-OH is 1. The summed E-state index contributed by atoms with van der Waals surface area (Å²) in [5.41, 5.74) is 2.55. The summed E-state index contributed by atoms with van der Waals surface area (Å²) in [5.74, 6) is 0.578. The molecule has 4 atom stereocenters. The van der Waals surface area contributed by atoms with Gasteiger partial charge in [-0.05, 0) is 42.3 Å². The zero-order valence-corrected chi connectivity index (χ0v) is 17.7. The number of anilines is 1. The number of fused-ring (bicyclic) bond motifs is 3. The first-order chi connectivity index (χ1) is 14.9. The van der Waals surface area contributed by atoms with Crippen LogP contribution in [0.2, 0.25) is 0 Å². The normalized spacial score (nSPS) is 24.0. The van der Waals surface area contributed by atoms with Crippen LogP contribution in [0.5, 0.6) is 5.75 Å². The summed E-state index contributed by atoms with van der Waals surface area (Å²) in [7, 11) is 3.43. The maximum absolute atomic E-state index is 12.4. The zero-order valence-electron chi connectivity index (χ0n) is 17.7. The highest BCUT2D eigenvalue weighted by Gasteiger charge is 2.46. The Labute approximate surface area is 181 Å². The first-order valence-electron chi connectivity index (χ1n) is 10.4. The highest BCUT2D eigenvalue weighted by atomic mass is 16.6. The SMILES string of the molecule is CN(C)C(=O)C[C@H]1C[C@H]2c3cc(NC(=O)Cc4ccncc4)ccc3O[C@H]2[C@@H](CO)O1. The number of nitrogens with zero attached hydrogens (tertiary/aromatic N) is 2. The molecule has 2 aliphatic heterocycles. The van der Waals surface area contributed by atoms with E-state index in [1.807, 2.05) is 30.3 Å². The lowest BCUT2D eigenvalue weighted by Crippen LogP contribution is -2.47. The monoisotopic (exact) mass is 425 g/mol. The number of aromatic nitrogens is 1. The smallest absolute Gasteiger partial charge is 0.228 e. The lowest BCUT2D eigenvalue weighted by Gasteiger charge is -2.37. The molecule has 31 heavy (non-hydrogen) atoms. The second-order valence-corrected chi connectivity index (χ2v) is 8.23. The van der Waals surface area contributed by atoms with Gasteiger partial charge in [-0.3, -0.25) is 14.6 Å². The second-order valence-electron chi connectivity index (χ2n) is 8.23. The summed E-state index contributed by atoms with van der Waals surface area (Å²) >= 11 is 0. The quantitative estimate of drug-likeness (QED) is 0.731. The van der Waals surface area contributed by atoms with Crippen LogP contribution in [-0.4, -0.2) is 65.8 Å². The minimum atomic E-state index is -0.504. The molecule has 4 rings (SSSR count). The fraction of sp³-hybridized carbons (Fsp3) is 0.435. The zero-order chi connectivity index (χ0) is 22.0. The number of pyridine rings is 1. The van der Waals surface area contributed by atoms with Gasteiger partial charge >= 0.3 is 0 Å². The van der Waals surface area contributed by atoms with Crippen LogP contribution in [0.4, 0.5) is 5.69 Å². The fourth-order valence-corrected chi connectivity index (χ4v) is 4.24. The molecule has 1 fully saturated rings. The third kappa shape index (κ3) is 4.70. The lowest BCUT2D eigenvalue weighted by atomic mass is 9.84. The van der Waals surface area contributed by atoms with E-state index >= 15 is 0 Å². The van der Waals surface area contributed by atoms with Gasteiger partial charge in [0.25, 0.3) is 0 Å². The topological polar surface area (TPSA) is 101 Å². The largest absolute Gasteiger partial charge is 0.487 e. The van der Waals surface area contributed by atoms with Crippen molar-refractivity contribution < 1.29 is 24.2 Å². The molecule has 2 N–H and O–H groups in total. The van der Waals surface area contributed by atoms with Crippen LogP contribution in [0.25, 0.3) is 0 Å². The summed E-state index contributed by atoms with van der Waals surface area (Å²) in [5, 5.41) is 12.8. The molecule has 2 aromatic rings. The number of amides is 2. The van der Waals surface area contributed by atoms with E-state index in [-0.39, 0.29) is 49.4 Å². The molecule has 0 radical (unpaired) electrons. The van der Waals surface area contributed by atoms with Gasteiger partial charge in [-0.2, -0.15) is 0 Å². The fourth-order valence-electron chi connectivity index (χ4n) is 4.24. The number of hydrogen-bond acceptors (Lipinski definition) is 6. The molecule has 3 heterocycles. The highest BCUT2D eigenvalue weighted by molar-refractivity contribution is 5.92. The molecule has 8 nitrogen and oxygen atoms in total. The molecule has 1 aromatic carbocycles. The van der Waals surface area contributed by atoms with Crippen molar-refractivity contribution in [3.63, 3.8) is 0 Å². The van der Waals surface area contributed by atoms with Gasteiger partial charge in [0.1, 0.15) is 18.0 Å². The average molecular weight is 425 g/mol. The summed E-state index contributed by atoms with van der Waals surface area (Å²) in [6, 6.07) is 9.20. The van der Waals surface area contributed by atoms with Crippen LogP contribution < -0.4 is 10.1 Å². The van der Waals surface area contributed by atoms with E-state index in [1.54, 1.807) is 31.4 Å². The Balaban J connectivity index is 1.49. The number of hydrogen-bond donors (Lipinski definition) is 2. The average Bonchev–Trinajstić information content (AvgIpc) is 3.11. The Morgan fingerprint density at radius 1 is 1.23 bits per heavy atom. The Morgan fingerprint density at radius 3 is 2.71 bits per heavy atom. The summed E-state index contributed by atoms with van der Waals surface area (Å²) in [4.78, 5) is 30.1. The summed E-state index contributed by atoms with van der Waals surface area (Å²) < 4.78 is 12.0. The van der Waals surface area contributed by atoms with E-state index < -0.39 is 6.10 Å². The highest BCUT2D eigenvalue weighted by Crippen LogP contribution is 2.47. The number of carbonyl (C=O) groups is 2. The first-order valence-corrected chi connectivity index (χ1v) is 10.4. The molecule has 0 unspecified atom stereocenters. The number of benzene rings is 1. The molecule has 8 heteroatoms. The van der Waals surface area contributed by atoms with Gasteiger partial charge in [-0.25, -0.2) is 0 Å². The number of ether oxygens (including phenoxy) is 2. The number of rotatable bonds is 6. The molecule has 0 bridgehead atoms. The van der Waals surface area contributed by atoms with E-state index in [1.165, 1.54) is 0 Å². The predicted molar refractivity (Wildman–Crippen MR) is 114 cm³/mol. The molecule has 1 saturated heterocycles. The lowest BCUT2D eigenvalue weighted by molar-refractivity contribution is -0.147. The third-order valence-corrected chi connectivity index (χ3v) is 5.80. The van der Waals surface area contributed by atoms with Crippen LogP contribution in [0, 0.1) is 0 Å². The molecule has 0 saturated carbocycles. The minimum Gasteiger partial charge on any atom is -0.487 e. The van der Waals surface area contributed by atoms with Crippen molar-refractivity contribution in [1.29, 1.82) is 0 Å². The van der Waals surface area contributed by atoms with Gasteiger partial charge in [0, 0.05) is 43.7 Å². The number of carbonyl (C=O) groups excluding carboxylic acids is 2. The van der Waals surface area contributed by atoms with Gasteiger partial charge in [-0.1, -0.05) is 0 Å². The van der Waals surface area contributed by atoms with E-state index in [2.05, 4.69) is 10.3 Å². The summed E-state index contributed by atoms with van der Waals surface area (Å²) in [6.45, 7) is -0.183.